The van der Waals surface area contributed by atoms with Crippen LogP contribution in [0, 0.1) is 12.3 Å². The molecule has 0 fully saturated rings. The largest absolute Gasteiger partial charge is 0.481 e. The van der Waals surface area contributed by atoms with E-state index >= 15 is 0 Å². The molecular formula is C23H27N7O5. The average molecular weight is 482 g/mol. The molecule has 1 amide bonds. The van der Waals surface area contributed by atoms with Crippen LogP contribution in [0.5, 0.6) is 0 Å². The van der Waals surface area contributed by atoms with Crippen LogP contribution in [0.15, 0.2) is 24.3 Å². The monoisotopic (exact) mass is 481 g/mol. The van der Waals surface area contributed by atoms with Crippen molar-refractivity contribution in [1.82, 2.24) is 15.3 Å². The van der Waals surface area contributed by atoms with Crippen molar-refractivity contribution in [2.45, 2.75) is 31.2 Å². The third kappa shape index (κ3) is 6.29. The van der Waals surface area contributed by atoms with Crippen LogP contribution in [-0.2, 0) is 9.59 Å². The maximum Gasteiger partial charge on any atom is 0.326 e. The lowest BCUT2D eigenvalue weighted by molar-refractivity contribution is -0.140. The van der Waals surface area contributed by atoms with Crippen molar-refractivity contribution in [2.75, 3.05) is 41.3 Å². The predicted molar refractivity (Wildman–Crippen MR) is 130 cm³/mol. The number of aliphatic carboxylic acids is 2. The molecule has 3 rings (SSSR count). The zero-order valence-corrected chi connectivity index (χ0v) is 18.9. The number of aromatic nitrogens is 2. The number of carbonyl (C=O) groups excluding carboxylic acids is 1. The van der Waals surface area contributed by atoms with E-state index in [1.54, 1.807) is 24.3 Å². The number of nitrogen functional groups attached to an aromatic ring is 2. The zero-order valence-electron chi connectivity index (χ0n) is 18.9. The smallest absolute Gasteiger partial charge is 0.326 e. The lowest BCUT2D eigenvalue weighted by Gasteiger charge is -2.24. The predicted octanol–water partition coefficient (Wildman–Crippen LogP) is 0.728. The highest BCUT2D eigenvalue weighted by molar-refractivity contribution is 5.97. The van der Waals surface area contributed by atoms with Crippen LogP contribution < -0.4 is 27.0 Å². The molecule has 1 aliphatic heterocycles. The van der Waals surface area contributed by atoms with Gasteiger partial charge in [-0.1, -0.05) is 5.92 Å². The van der Waals surface area contributed by atoms with Gasteiger partial charge >= 0.3 is 11.9 Å². The number of anilines is 4. The number of nitrogens with two attached hydrogens (primary N) is 2. The van der Waals surface area contributed by atoms with Crippen LogP contribution in [-0.4, -0.2) is 63.7 Å². The molecule has 2 aromatic rings. The Labute approximate surface area is 201 Å². The average Bonchev–Trinajstić information content (AvgIpc) is 3.22. The second-order valence-electron chi connectivity index (χ2n) is 8.07. The molecule has 1 aliphatic rings. The van der Waals surface area contributed by atoms with E-state index < -0.39 is 23.9 Å². The number of amides is 1. The maximum atomic E-state index is 12.5. The van der Waals surface area contributed by atoms with Gasteiger partial charge in [-0.25, -0.2) is 4.79 Å². The fraction of sp³-hybridized carbons (Fsp3) is 0.348. The van der Waals surface area contributed by atoms with Crippen LogP contribution in [0.3, 0.4) is 0 Å². The van der Waals surface area contributed by atoms with Crippen molar-refractivity contribution < 1.29 is 24.6 Å². The molecule has 8 N–H and O–H groups in total. The van der Waals surface area contributed by atoms with Crippen LogP contribution in [0.25, 0.3) is 0 Å². The molecule has 0 saturated heterocycles. The minimum Gasteiger partial charge on any atom is -0.481 e. The lowest BCUT2D eigenvalue weighted by Crippen LogP contribution is -2.41. The highest BCUT2D eigenvalue weighted by Gasteiger charge is 2.28. The number of carbonyl (C=O) groups is 3. The van der Waals surface area contributed by atoms with Gasteiger partial charge in [0.15, 0.2) is 0 Å². The summed E-state index contributed by atoms with van der Waals surface area (Å²) >= 11 is 0. The van der Waals surface area contributed by atoms with E-state index in [9.17, 15) is 19.5 Å². The number of hydrogen-bond donors (Lipinski definition) is 6. The topological polar surface area (TPSA) is 197 Å². The molecule has 1 aromatic carbocycles. The molecule has 1 aromatic heterocycles. The molecule has 2 heterocycles. The van der Waals surface area contributed by atoms with E-state index in [-0.39, 0.29) is 30.3 Å². The Balaban J connectivity index is 1.65. The Morgan fingerprint density at radius 3 is 2.57 bits per heavy atom. The number of carboxylic acids is 2. The van der Waals surface area contributed by atoms with Gasteiger partial charge < -0.3 is 37.2 Å². The molecule has 35 heavy (non-hydrogen) atoms. The molecule has 12 nitrogen and oxygen atoms in total. The van der Waals surface area contributed by atoms with Crippen molar-refractivity contribution >= 4 is 41.1 Å². The number of nitrogens with zero attached hydrogens (tertiary/aromatic N) is 3. The maximum absolute atomic E-state index is 12.5. The van der Waals surface area contributed by atoms with Gasteiger partial charge in [-0.05, 0) is 37.1 Å². The molecule has 0 radical (unpaired) electrons. The summed E-state index contributed by atoms with van der Waals surface area (Å²) in [5.74, 6) is 0.769. The number of fused-ring (bicyclic) bond motifs is 1. The second-order valence-corrected chi connectivity index (χ2v) is 8.07. The van der Waals surface area contributed by atoms with Crippen LogP contribution in [0.1, 0.15) is 41.1 Å². The van der Waals surface area contributed by atoms with Gasteiger partial charge in [-0.2, -0.15) is 9.97 Å². The van der Waals surface area contributed by atoms with E-state index in [1.165, 1.54) is 0 Å². The Kier molecular flexibility index (Phi) is 7.93. The fourth-order valence-corrected chi connectivity index (χ4v) is 3.92. The Morgan fingerprint density at radius 2 is 1.94 bits per heavy atom. The number of terminal acetylenes is 1. The Bertz CT molecular complexity index is 1150. The first-order valence-corrected chi connectivity index (χ1v) is 10.9. The third-order valence-corrected chi connectivity index (χ3v) is 5.69. The summed E-state index contributed by atoms with van der Waals surface area (Å²) in [7, 11) is 0. The number of carboxylic acid groups (broad SMARTS) is 2. The summed E-state index contributed by atoms with van der Waals surface area (Å²) in [5.41, 5.74) is 13.6. The van der Waals surface area contributed by atoms with Crippen LogP contribution >= 0.6 is 0 Å². The SMILES string of the molecule is C#CCN(CCC1CNc2nc(N)nc(N)c21)c1ccc(C(=O)N[C@@H](CCC(=O)O)C(=O)O)cc1. The van der Waals surface area contributed by atoms with E-state index in [0.717, 1.165) is 11.3 Å². The van der Waals surface area contributed by atoms with E-state index in [0.29, 0.717) is 37.7 Å². The summed E-state index contributed by atoms with van der Waals surface area (Å²) in [6, 6.07) is 5.26. The van der Waals surface area contributed by atoms with Crippen molar-refractivity contribution in [1.29, 1.82) is 0 Å². The highest BCUT2D eigenvalue weighted by Crippen LogP contribution is 2.36. The molecule has 0 saturated carbocycles. The quantitative estimate of drug-likeness (QED) is 0.247. The van der Waals surface area contributed by atoms with Gasteiger partial charge in [0.1, 0.15) is 17.7 Å². The van der Waals surface area contributed by atoms with Crippen molar-refractivity contribution in [3.63, 3.8) is 0 Å². The van der Waals surface area contributed by atoms with E-state index in [4.69, 9.17) is 23.0 Å². The van der Waals surface area contributed by atoms with Gasteiger partial charge in [-0.15, -0.1) is 6.42 Å². The van der Waals surface area contributed by atoms with Gasteiger partial charge in [0.25, 0.3) is 5.91 Å². The number of rotatable bonds is 11. The lowest BCUT2D eigenvalue weighted by atomic mass is 9.99. The zero-order chi connectivity index (χ0) is 25.5. The second kappa shape index (κ2) is 11.1. The standard InChI is InChI=1S/C23H27N7O5/c1-2-10-30(11-9-14-12-26-20-18(14)19(24)28-23(25)29-20)15-5-3-13(4-6-15)21(33)27-16(22(34)35)7-8-17(31)32/h1,3-6,14,16H,7-12H2,(H,27,33)(H,31,32)(H,34,35)(H5,24,25,26,28,29)/t14?,16-/m0/s1. The number of nitrogens with one attached hydrogen (secondary N) is 2. The van der Waals surface area contributed by atoms with E-state index in [2.05, 4.69) is 26.5 Å². The Hall–Kier alpha value is -4.53. The van der Waals surface area contributed by atoms with Gasteiger partial charge in [0, 0.05) is 42.2 Å². The van der Waals surface area contributed by atoms with Gasteiger partial charge in [-0.3, -0.25) is 9.59 Å². The molecule has 0 aliphatic carbocycles. The third-order valence-electron chi connectivity index (χ3n) is 5.69. The van der Waals surface area contributed by atoms with Gasteiger partial charge in [0.05, 0.1) is 6.54 Å². The minimum absolute atomic E-state index is 0.0784. The molecule has 1 unspecified atom stereocenters. The molecule has 2 atom stereocenters. The normalized spacial score (nSPS) is 14.8. The number of hydrogen-bond acceptors (Lipinski definition) is 9. The summed E-state index contributed by atoms with van der Waals surface area (Å²) in [5, 5.41) is 23.6. The van der Waals surface area contributed by atoms with Crippen molar-refractivity contribution in [3.8, 4) is 12.3 Å². The minimum atomic E-state index is -1.30. The van der Waals surface area contributed by atoms with Crippen LogP contribution in [0.4, 0.5) is 23.3 Å². The summed E-state index contributed by atoms with van der Waals surface area (Å²) < 4.78 is 0. The Morgan fingerprint density at radius 1 is 1.23 bits per heavy atom. The molecule has 0 spiro atoms. The first-order valence-electron chi connectivity index (χ1n) is 10.9. The molecule has 12 heteroatoms. The van der Waals surface area contributed by atoms with Crippen molar-refractivity contribution in [2.24, 2.45) is 0 Å². The summed E-state index contributed by atoms with van der Waals surface area (Å²) in [6.07, 6.45) is 5.68. The van der Waals surface area contributed by atoms with E-state index in [1.807, 2.05) is 4.90 Å². The first-order chi connectivity index (χ1) is 16.7. The first kappa shape index (κ1) is 25.1. The molecule has 0 bridgehead atoms. The summed E-state index contributed by atoms with van der Waals surface area (Å²) in [6.45, 7) is 1.58. The summed E-state index contributed by atoms with van der Waals surface area (Å²) in [4.78, 5) is 44.7. The molecular weight excluding hydrogens is 454 g/mol. The highest BCUT2D eigenvalue weighted by atomic mass is 16.4. The molecule has 184 valence electrons. The number of benzene rings is 1. The van der Waals surface area contributed by atoms with Crippen molar-refractivity contribution in [3.05, 3.63) is 35.4 Å². The van der Waals surface area contributed by atoms with Gasteiger partial charge in [0.2, 0.25) is 5.95 Å². The van der Waals surface area contributed by atoms with Crippen LogP contribution in [0.2, 0.25) is 0 Å². The fourth-order valence-electron chi connectivity index (χ4n) is 3.92.